The summed E-state index contributed by atoms with van der Waals surface area (Å²) in [5, 5.41) is 9.47. The van der Waals surface area contributed by atoms with E-state index in [1.54, 1.807) is 42.5 Å². The molecule has 0 aliphatic carbocycles. The lowest BCUT2D eigenvalue weighted by Crippen LogP contribution is -2.34. The molecule has 1 aromatic heterocycles. The summed E-state index contributed by atoms with van der Waals surface area (Å²) in [5.41, 5.74) is 2.49. The van der Waals surface area contributed by atoms with Gasteiger partial charge in [-0.25, -0.2) is 0 Å². The predicted octanol–water partition coefficient (Wildman–Crippen LogP) is 5.42. The summed E-state index contributed by atoms with van der Waals surface area (Å²) in [6.07, 6.45) is 0. The van der Waals surface area contributed by atoms with Crippen molar-refractivity contribution >= 4 is 74.1 Å². The van der Waals surface area contributed by atoms with Crippen molar-refractivity contribution in [3.05, 3.63) is 93.8 Å². The molecule has 3 N–H and O–H groups in total. The number of carbonyl (C=O) groups excluding carboxylic acids is 2. The normalized spacial score (nSPS) is 10.5. The van der Waals surface area contributed by atoms with Crippen LogP contribution in [0.3, 0.4) is 0 Å². The van der Waals surface area contributed by atoms with Gasteiger partial charge in [0.25, 0.3) is 11.8 Å². The van der Waals surface area contributed by atoms with Crippen molar-refractivity contribution in [1.29, 1.82) is 0 Å². The van der Waals surface area contributed by atoms with E-state index >= 15 is 0 Å². The molecule has 0 saturated carbocycles. The van der Waals surface area contributed by atoms with Gasteiger partial charge in [0.15, 0.2) is 10.9 Å². The van der Waals surface area contributed by atoms with Crippen LogP contribution in [-0.2, 0) is 0 Å². The summed E-state index contributed by atoms with van der Waals surface area (Å²) in [6.45, 7) is 0. The van der Waals surface area contributed by atoms with Gasteiger partial charge in [0.05, 0.1) is 5.56 Å². The molecule has 0 radical (unpaired) electrons. The van der Waals surface area contributed by atoms with Gasteiger partial charge in [0.1, 0.15) is 5.58 Å². The Morgan fingerprint density at radius 2 is 1.45 bits per heavy atom. The zero-order chi connectivity index (χ0) is 21.8. The molecular weight excluding hydrogens is 525 g/mol. The van der Waals surface area contributed by atoms with Crippen molar-refractivity contribution < 1.29 is 14.0 Å². The Hall–Kier alpha value is -3.24. The number of benzene rings is 3. The molecule has 31 heavy (non-hydrogen) atoms. The summed E-state index contributed by atoms with van der Waals surface area (Å²) in [5.74, 6) is -0.378. The van der Waals surface area contributed by atoms with Gasteiger partial charge in [-0.3, -0.25) is 14.9 Å². The number of hydrogen-bond acceptors (Lipinski definition) is 4. The second kappa shape index (κ2) is 9.27. The topological polar surface area (TPSA) is 83.4 Å². The first kappa shape index (κ1) is 21.0. The van der Waals surface area contributed by atoms with E-state index in [4.69, 9.17) is 16.6 Å². The highest BCUT2D eigenvalue weighted by Gasteiger charge is 2.13. The molecule has 0 saturated heterocycles. The van der Waals surface area contributed by atoms with Gasteiger partial charge in [0.2, 0.25) is 0 Å². The highest BCUT2D eigenvalue weighted by Crippen LogP contribution is 2.20. The molecule has 0 fully saturated rings. The Morgan fingerprint density at radius 1 is 0.806 bits per heavy atom. The van der Waals surface area contributed by atoms with E-state index in [2.05, 4.69) is 38.5 Å². The molecule has 2 amide bonds. The highest BCUT2D eigenvalue weighted by molar-refractivity contribution is 14.1. The monoisotopic (exact) mass is 541 g/mol. The van der Waals surface area contributed by atoms with Gasteiger partial charge in [-0.05, 0) is 83.3 Å². The van der Waals surface area contributed by atoms with Gasteiger partial charge < -0.3 is 15.1 Å². The van der Waals surface area contributed by atoms with Crippen LogP contribution in [0.25, 0.3) is 11.0 Å². The van der Waals surface area contributed by atoms with E-state index in [0.29, 0.717) is 22.5 Å². The third-order valence-corrected chi connectivity index (χ3v) is 5.54. The summed E-state index contributed by atoms with van der Waals surface area (Å²) in [4.78, 5) is 24.8. The fourth-order valence-corrected chi connectivity index (χ4v) is 3.74. The number of fused-ring (bicyclic) bond motifs is 1. The molecule has 3 aromatic carbocycles. The molecule has 0 bridgehead atoms. The van der Waals surface area contributed by atoms with Crippen LogP contribution in [0.4, 0.5) is 11.4 Å². The number of halogens is 1. The fourth-order valence-electron chi connectivity index (χ4n) is 2.90. The predicted molar refractivity (Wildman–Crippen MR) is 133 cm³/mol. The van der Waals surface area contributed by atoms with Gasteiger partial charge in [0, 0.05) is 20.3 Å². The Kier molecular flexibility index (Phi) is 6.28. The molecule has 1 heterocycles. The van der Waals surface area contributed by atoms with Crippen LogP contribution in [-0.4, -0.2) is 16.9 Å². The van der Waals surface area contributed by atoms with Crippen molar-refractivity contribution in [3.63, 3.8) is 0 Å². The summed E-state index contributed by atoms with van der Waals surface area (Å²) < 4.78 is 6.42. The molecule has 154 valence electrons. The van der Waals surface area contributed by atoms with E-state index in [1.165, 1.54) is 0 Å². The third-order valence-electron chi connectivity index (χ3n) is 4.40. The maximum absolute atomic E-state index is 12.4. The summed E-state index contributed by atoms with van der Waals surface area (Å²) >= 11 is 7.33. The second-order valence-electron chi connectivity index (χ2n) is 6.57. The fraction of sp³-hybridized carbons (Fsp3) is 0. The first-order chi connectivity index (χ1) is 15.0. The van der Waals surface area contributed by atoms with Gasteiger partial charge in [-0.1, -0.05) is 30.3 Å². The second-order valence-corrected chi connectivity index (χ2v) is 8.14. The Morgan fingerprint density at radius 3 is 2.16 bits per heavy atom. The summed E-state index contributed by atoms with van der Waals surface area (Å²) in [7, 11) is 0. The molecule has 0 aliphatic rings. The van der Waals surface area contributed by atoms with E-state index in [1.807, 2.05) is 36.4 Å². The average molecular weight is 541 g/mol. The smallest absolute Gasteiger partial charge is 0.291 e. The number of nitrogens with one attached hydrogen (secondary N) is 3. The first-order valence-corrected chi connectivity index (χ1v) is 10.8. The molecular formula is C23H16IN3O3S. The van der Waals surface area contributed by atoms with Crippen molar-refractivity contribution in [2.24, 2.45) is 0 Å². The summed E-state index contributed by atoms with van der Waals surface area (Å²) in [6, 6.07) is 23.3. The Balaban J connectivity index is 1.35. The lowest BCUT2D eigenvalue weighted by Gasteiger charge is -2.11. The minimum atomic E-state index is -0.336. The van der Waals surface area contributed by atoms with Crippen LogP contribution < -0.4 is 16.0 Å². The minimum Gasteiger partial charge on any atom is -0.451 e. The van der Waals surface area contributed by atoms with Crippen LogP contribution >= 0.6 is 34.8 Å². The SMILES string of the molecule is O=C(Nc1ccc(NC(=S)NC(=O)c2ccccc2I)cc1)c1cc2ccccc2o1. The van der Waals surface area contributed by atoms with E-state index in [9.17, 15) is 9.59 Å². The number of anilines is 2. The van der Waals surface area contributed by atoms with E-state index < -0.39 is 0 Å². The number of furan rings is 1. The molecule has 4 rings (SSSR count). The van der Waals surface area contributed by atoms with Crippen LogP contribution in [0.5, 0.6) is 0 Å². The van der Waals surface area contributed by atoms with Gasteiger partial charge in [-0.2, -0.15) is 0 Å². The van der Waals surface area contributed by atoms with Crippen molar-refractivity contribution in [2.75, 3.05) is 10.6 Å². The molecule has 0 aliphatic heterocycles. The van der Waals surface area contributed by atoms with Crippen molar-refractivity contribution in [3.8, 4) is 0 Å². The van der Waals surface area contributed by atoms with Crippen molar-refractivity contribution in [1.82, 2.24) is 5.32 Å². The lowest BCUT2D eigenvalue weighted by atomic mass is 10.2. The zero-order valence-electron chi connectivity index (χ0n) is 16.0. The quantitative estimate of drug-likeness (QED) is 0.238. The van der Waals surface area contributed by atoms with Crippen molar-refractivity contribution in [2.45, 2.75) is 0 Å². The lowest BCUT2D eigenvalue weighted by molar-refractivity contribution is 0.0974. The number of hydrogen-bond donors (Lipinski definition) is 3. The Bertz CT molecular complexity index is 1250. The van der Waals surface area contributed by atoms with E-state index in [-0.39, 0.29) is 22.7 Å². The maximum atomic E-state index is 12.4. The maximum Gasteiger partial charge on any atom is 0.291 e. The van der Waals surface area contributed by atoms with Crippen LogP contribution in [0, 0.1) is 3.57 Å². The van der Waals surface area contributed by atoms with Gasteiger partial charge >= 0.3 is 0 Å². The number of rotatable bonds is 4. The van der Waals surface area contributed by atoms with Crippen LogP contribution in [0.15, 0.2) is 83.3 Å². The molecule has 6 nitrogen and oxygen atoms in total. The standard InChI is InChI=1S/C23H16IN3O3S/c24-18-7-3-2-6-17(18)21(28)27-23(31)26-16-11-9-15(10-12-16)25-22(29)20-13-14-5-1-4-8-19(14)30-20/h1-13H,(H,25,29)(H2,26,27,28,31). The third kappa shape index (κ3) is 5.09. The minimum absolute atomic E-state index is 0.184. The highest BCUT2D eigenvalue weighted by atomic mass is 127. The van der Waals surface area contributed by atoms with Crippen LogP contribution in [0.1, 0.15) is 20.9 Å². The molecule has 8 heteroatoms. The van der Waals surface area contributed by atoms with Crippen LogP contribution in [0.2, 0.25) is 0 Å². The zero-order valence-corrected chi connectivity index (χ0v) is 19.0. The molecule has 0 atom stereocenters. The number of amides is 2. The number of thiocarbonyl (C=S) groups is 1. The van der Waals surface area contributed by atoms with Gasteiger partial charge in [-0.15, -0.1) is 0 Å². The number of para-hydroxylation sites is 1. The average Bonchev–Trinajstić information content (AvgIpc) is 3.20. The largest absolute Gasteiger partial charge is 0.451 e. The first-order valence-electron chi connectivity index (χ1n) is 9.26. The molecule has 0 spiro atoms. The molecule has 0 unspecified atom stereocenters. The van der Waals surface area contributed by atoms with E-state index in [0.717, 1.165) is 8.96 Å². The molecule has 4 aromatic rings. The number of carbonyl (C=O) groups is 2. The Labute approximate surface area is 197 Å².